The highest BCUT2D eigenvalue weighted by Crippen LogP contribution is 2.34. The highest BCUT2D eigenvalue weighted by molar-refractivity contribution is 7.90. The van der Waals surface area contributed by atoms with Gasteiger partial charge in [-0.2, -0.15) is 8.42 Å². The summed E-state index contributed by atoms with van der Waals surface area (Å²) in [6.45, 7) is 6.88. The monoisotopic (exact) mass is 576 g/mol. The van der Waals surface area contributed by atoms with Gasteiger partial charge in [-0.25, -0.2) is 4.99 Å². The first kappa shape index (κ1) is 29.3. The van der Waals surface area contributed by atoms with Crippen LogP contribution in [0.1, 0.15) is 20.8 Å². The zero-order valence-corrected chi connectivity index (χ0v) is 24.3. The number of hydrogen-bond donors (Lipinski definition) is 2. The van der Waals surface area contributed by atoms with Crippen LogP contribution in [0.2, 0.25) is 0 Å². The average molecular weight is 577 g/mol. The van der Waals surface area contributed by atoms with E-state index in [1.165, 1.54) is 25.0 Å². The Kier molecular flexibility index (Phi) is 8.72. The molecule has 1 aliphatic rings. The Balaban J connectivity index is 1.92. The number of rotatable bonds is 9. The highest BCUT2D eigenvalue weighted by Gasteiger charge is 2.34. The first-order valence-corrected chi connectivity index (χ1v) is 14.4. The van der Waals surface area contributed by atoms with Crippen molar-refractivity contribution in [3.8, 4) is 5.75 Å². The lowest BCUT2D eigenvalue weighted by molar-refractivity contribution is -0.114. The molecule has 0 atom stereocenters. The number of amidine groups is 1. The van der Waals surface area contributed by atoms with Crippen LogP contribution in [-0.4, -0.2) is 59.0 Å². The Bertz CT molecular complexity index is 1650. The maximum Gasteiger partial charge on any atom is 0.286 e. The van der Waals surface area contributed by atoms with E-state index in [1.54, 1.807) is 61.6 Å². The molecule has 12 heteroatoms. The van der Waals surface area contributed by atoms with Crippen molar-refractivity contribution < 1.29 is 22.7 Å². The van der Waals surface area contributed by atoms with Crippen LogP contribution in [0.5, 0.6) is 5.75 Å². The van der Waals surface area contributed by atoms with Gasteiger partial charge in [-0.1, -0.05) is 24.3 Å². The fraction of sp³-hybridized carbons (Fsp3) is 0.241. The van der Waals surface area contributed by atoms with Crippen molar-refractivity contribution in [2.45, 2.75) is 25.7 Å². The molecular weight excluding hydrogens is 544 g/mol. The van der Waals surface area contributed by atoms with Crippen LogP contribution < -0.4 is 25.2 Å². The quantitative estimate of drug-likeness (QED) is 0.360. The van der Waals surface area contributed by atoms with Gasteiger partial charge in [0.15, 0.2) is 11.5 Å². The number of nitrogens with one attached hydrogen (secondary N) is 2. The Morgan fingerprint density at radius 3 is 2.34 bits per heavy atom. The summed E-state index contributed by atoms with van der Waals surface area (Å²) in [6.07, 6.45) is 0. The summed E-state index contributed by atoms with van der Waals surface area (Å²) in [5.74, 6) is -0.838. The minimum atomic E-state index is -4.15. The van der Waals surface area contributed by atoms with Gasteiger partial charge in [0.25, 0.3) is 15.9 Å². The zero-order valence-electron chi connectivity index (χ0n) is 23.5. The fourth-order valence-corrected chi connectivity index (χ4v) is 5.70. The normalized spacial score (nSPS) is 14.0. The predicted molar refractivity (Wildman–Crippen MR) is 162 cm³/mol. The van der Waals surface area contributed by atoms with Crippen LogP contribution >= 0.6 is 0 Å². The SMILES string of the molecule is CCN(CC)c1ccc(N=C(C(=O)Nc2ccccc2OC)C2=NS(=O)(=O)c3ccccc3N2C)c(NC(C)=O)c1. The molecule has 0 radical (unpaired) electrons. The van der Waals surface area contributed by atoms with E-state index in [1.807, 2.05) is 19.9 Å². The molecule has 0 aromatic heterocycles. The summed E-state index contributed by atoms with van der Waals surface area (Å²) < 4.78 is 35.7. The van der Waals surface area contributed by atoms with Gasteiger partial charge in [0.1, 0.15) is 10.6 Å². The van der Waals surface area contributed by atoms with Crippen LogP contribution in [0, 0.1) is 0 Å². The second kappa shape index (κ2) is 12.2. The third kappa shape index (κ3) is 6.22. The predicted octanol–water partition coefficient (Wildman–Crippen LogP) is 4.45. The Morgan fingerprint density at radius 2 is 1.66 bits per heavy atom. The van der Waals surface area contributed by atoms with Crippen molar-refractivity contribution in [2.24, 2.45) is 9.39 Å². The number of anilines is 4. The van der Waals surface area contributed by atoms with E-state index in [9.17, 15) is 18.0 Å². The number of para-hydroxylation sites is 3. The standard InChI is InChI=1S/C29H32N6O5S/c1-6-35(7-2)20-16-17-21(23(18-20)30-19(3)36)31-27(29(37)32-22-12-8-10-14-25(22)40-5)28-33-41(38,39)26-15-11-9-13-24(26)34(28)4/h8-18H,6-7H2,1-5H3,(H,30,36)(H,32,37). The molecule has 0 saturated heterocycles. The Morgan fingerprint density at radius 1 is 0.976 bits per heavy atom. The van der Waals surface area contributed by atoms with E-state index < -0.39 is 15.9 Å². The molecule has 3 aromatic rings. The lowest BCUT2D eigenvalue weighted by atomic mass is 10.2. The molecule has 1 heterocycles. The van der Waals surface area contributed by atoms with Crippen LogP contribution in [0.25, 0.3) is 0 Å². The Labute approximate surface area is 239 Å². The molecule has 41 heavy (non-hydrogen) atoms. The summed E-state index contributed by atoms with van der Waals surface area (Å²) in [4.78, 5) is 34.2. The Hall–Kier alpha value is -4.71. The number of carbonyl (C=O) groups is 2. The van der Waals surface area contributed by atoms with E-state index in [0.717, 1.165) is 18.8 Å². The van der Waals surface area contributed by atoms with E-state index in [0.29, 0.717) is 22.8 Å². The van der Waals surface area contributed by atoms with Crippen molar-refractivity contribution in [1.29, 1.82) is 0 Å². The van der Waals surface area contributed by atoms with Gasteiger partial charge in [0, 0.05) is 32.7 Å². The zero-order chi connectivity index (χ0) is 29.7. The molecule has 214 valence electrons. The van der Waals surface area contributed by atoms with Gasteiger partial charge in [-0.3, -0.25) is 9.59 Å². The van der Waals surface area contributed by atoms with Crippen LogP contribution in [0.3, 0.4) is 0 Å². The van der Waals surface area contributed by atoms with Crippen LogP contribution in [0.4, 0.5) is 28.4 Å². The number of sulfonamides is 1. The summed E-state index contributed by atoms with van der Waals surface area (Å²) >= 11 is 0. The number of methoxy groups -OCH3 is 1. The number of carbonyl (C=O) groups excluding carboxylic acids is 2. The van der Waals surface area contributed by atoms with Gasteiger partial charge in [0.05, 0.1) is 29.9 Å². The number of fused-ring (bicyclic) bond motifs is 1. The van der Waals surface area contributed by atoms with Crippen molar-refractivity contribution in [2.75, 3.05) is 47.7 Å². The van der Waals surface area contributed by atoms with Crippen molar-refractivity contribution >= 4 is 61.8 Å². The molecule has 1 aliphatic heterocycles. The fourth-order valence-electron chi connectivity index (χ4n) is 4.44. The highest BCUT2D eigenvalue weighted by atomic mass is 32.2. The molecule has 11 nitrogen and oxygen atoms in total. The third-order valence-corrected chi connectivity index (χ3v) is 7.78. The largest absolute Gasteiger partial charge is 0.495 e. The first-order chi connectivity index (χ1) is 19.6. The number of amides is 2. The molecule has 0 saturated carbocycles. The van der Waals surface area contributed by atoms with E-state index in [-0.39, 0.29) is 28.0 Å². The van der Waals surface area contributed by atoms with E-state index >= 15 is 0 Å². The molecule has 2 N–H and O–H groups in total. The number of hydrogen-bond acceptors (Lipinski definition) is 8. The molecule has 0 fully saturated rings. The molecule has 2 amide bonds. The second-order valence-electron chi connectivity index (χ2n) is 9.09. The summed E-state index contributed by atoms with van der Waals surface area (Å²) in [6, 6.07) is 18.4. The maximum absolute atomic E-state index is 13.9. The lowest BCUT2D eigenvalue weighted by Crippen LogP contribution is -2.43. The minimum absolute atomic E-state index is 0.0123. The first-order valence-electron chi connectivity index (χ1n) is 13.0. The van der Waals surface area contributed by atoms with Gasteiger partial charge >= 0.3 is 0 Å². The topological polar surface area (TPSA) is 133 Å². The summed E-state index contributed by atoms with van der Waals surface area (Å²) in [5, 5.41) is 5.55. The van der Waals surface area contributed by atoms with Gasteiger partial charge < -0.3 is 25.2 Å². The van der Waals surface area contributed by atoms with E-state index in [4.69, 9.17) is 4.74 Å². The number of ether oxygens (including phenoxy) is 1. The van der Waals surface area contributed by atoms with E-state index in [2.05, 4.69) is 24.9 Å². The molecular formula is C29H32N6O5S. The van der Waals surface area contributed by atoms with Crippen molar-refractivity contribution in [3.05, 3.63) is 66.7 Å². The third-order valence-electron chi connectivity index (χ3n) is 6.46. The number of nitrogens with zero attached hydrogens (tertiary/aromatic N) is 4. The maximum atomic E-state index is 13.9. The van der Waals surface area contributed by atoms with Gasteiger partial charge in [-0.05, 0) is 56.3 Å². The van der Waals surface area contributed by atoms with Gasteiger partial charge in [-0.15, -0.1) is 4.40 Å². The molecule has 0 bridgehead atoms. The second-order valence-corrected chi connectivity index (χ2v) is 10.7. The summed E-state index contributed by atoms with van der Waals surface area (Å²) in [7, 11) is -1.07. The number of aliphatic imine (C=N–C) groups is 1. The molecule has 4 rings (SSSR count). The van der Waals surface area contributed by atoms with Crippen molar-refractivity contribution in [1.82, 2.24) is 0 Å². The minimum Gasteiger partial charge on any atom is -0.495 e. The van der Waals surface area contributed by atoms with Crippen molar-refractivity contribution in [3.63, 3.8) is 0 Å². The van der Waals surface area contributed by atoms with Gasteiger partial charge in [0.2, 0.25) is 5.91 Å². The lowest BCUT2D eigenvalue weighted by Gasteiger charge is -2.27. The molecule has 0 aliphatic carbocycles. The molecule has 3 aromatic carbocycles. The average Bonchev–Trinajstić information content (AvgIpc) is 2.95. The molecule has 0 spiro atoms. The number of benzene rings is 3. The van der Waals surface area contributed by atoms with Crippen LogP contribution in [-0.2, 0) is 19.6 Å². The summed E-state index contributed by atoms with van der Waals surface area (Å²) in [5.41, 5.74) is 1.86. The smallest absolute Gasteiger partial charge is 0.286 e. The molecule has 0 unspecified atom stereocenters. The van der Waals surface area contributed by atoms with Crippen LogP contribution in [0.15, 0.2) is 81.0 Å².